The lowest BCUT2D eigenvalue weighted by Crippen LogP contribution is -2.26. The summed E-state index contributed by atoms with van der Waals surface area (Å²) in [6.07, 6.45) is 5.89. The van der Waals surface area contributed by atoms with Gasteiger partial charge in [0.2, 0.25) is 5.91 Å². The Morgan fingerprint density at radius 2 is 1.30 bits per heavy atom. The predicted octanol–water partition coefficient (Wildman–Crippen LogP) is 10.6. The van der Waals surface area contributed by atoms with Gasteiger partial charge in [-0.2, -0.15) is 30.2 Å². The van der Waals surface area contributed by atoms with E-state index in [9.17, 15) is 24.4 Å². The van der Waals surface area contributed by atoms with E-state index in [4.69, 9.17) is 5.26 Å². The van der Waals surface area contributed by atoms with E-state index in [0.717, 1.165) is 48.0 Å². The number of carbonyl (C=O) groups is 4. The van der Waals surface area contributed by atoms with Crippen LogP contribution in [0.25, 0.3) is 11.6 Å². The number of aryl methyl sites for hydroxylation is 2. The zero-order valence-electron chi connectivity index (χ0n) is 54.2. The molecule has 0 bridgehead atoms. The Morgan fingerprint density at radius 3 is 1.85 bits per heavy atom. The fourth-order valence-corrected chi connectivity index (χ4v) is 10.6. The van der Waals surface area contributed by atoms with Gasteiger partial charge in [-0.3, -0.25) is 19.2 Å². The van der Waals surface area contributed by atoms with Crippen LogP contribution in [0.15, 0.2) is 151 Å². The lowest BCUT2D eigenvalue weighted by Gasteiger charge is -2.26. The SMILES string of the molecule is CC(=O)Nc1cc(C)ccc1N=Nc1snc(C)c1C#N.CCN(CC)c1ccc(C=C2C(=O)N(C)N=C2N(C)C)cc1.CCN1/C(=C\C=C2C(=O)N(C)N=C2N(C)C)C(C)(C)c2ccccc21.CNc1ccc(C(C#N)=C2C(=O)N(C)N=C2N(C)C)cc1. The highest BCUT2D eigenvalue weighted by atomic mass is 32.1. The minimum atomic E-state index is -0.270. The Kier molecular flexibility index (Phi) is 22.8. The van der Waals surface area contributed by atoms with E-state index in [1.54, 1.807) is 53.1 Å². The summed E-state index contributed by atoms with van der Waals surface area (Å²) in [6, 6.07) is 33.8. The molecule has 4 aliphatic heterocycles. The summed E-state index contributed by atoms with van der Waals surface area (Å²) >= 11 is 1.12. The van der Waals surface area contributed by atoms with E-state index >= 15 is 0 Å². The van der Waals surface area contributed by atoms with Gasteiger partial charge in [0.1, 0.15) is 29.0 Å². The molecule has 0 radical (unpaired) electrons. The number of anilines is 4. The molecule has 0 saturated heterocycles. The van der Waals surface area contributed by atoms with Crippen LogP contribution >= 0.6 is 11.5 Å². The molecule has 0 aliphatic carbocycles. The molecule has 1 aromatic heterocycles. The van der Waals surface area contributed by atoms with Crippen molar-refractivity contribution >= 4 is 97.8 Å². The Hall–Kier alpha value is -10.3. The number of fused-ring (bicyclic) bond motifs is 1. The van der Waals surface area contributed by atoms with E-state index < -0.39 is 0 Å². The predicted molar refractivity (Wildman–Crippen MR) is 358 cm³/mol. The second-order valence-corrected chi connectivity index (χ2v) is 22.7. The van der Waals surface area contributed by atoms with E-state index in [0.29, 0.717) is 73.0 Å². The Labute approximate surface area is 527 Å². The van der Waals surface area contributed by atoms with E-state index in [2.05, 4.69) is 140 Å². The van der Waals surface area contributed by atoms with Crippen LogP contribution in [0, 0.1) is 36.5 Å². The van der Waals surface area contributed by atoms with Crippen molar-refractivity contribution in [2.24, 2.45) is 25.5 Å². The van der Waals surface area contributed by atoms with Gasteiger partial charge >= 0.3 is 0 Å². The zero-order chi connectivity index (χ0) is 65.6. The number of benzene rings is 4. The number of hydrogen-bond acceptors (Lipinski definition) is 19. The molecule has 4 aromatic carbocycles. The molecule has 5 aromatic rings. The molecule has 22 nitrogen and oxygen atoms in total. The van der Waals surface area contributed by atoms with Crippen molar-refractivity contribution in [3.8, 4) is 12.1 Å². The number of hydrazone groups is 3. The average molecular weight is 1220 g/mol. The first-order valence-electron chi connectivity index (χ1n) is 28.8. The molecule has 0 unspecified atom stereocenters. The normalized spacial score (nSPS) is 16.6. The van der Waals surface area contributed by atoms with Gasteiger partial charge in [-0.1, -0.05) is 62.4 Å². The largest absolute Gasteiger partial charge is 0.388 e. The number of nitrogens with one attached hydrogen (secondary N) is 2. The van der Waals surface area contributed by atoms with Crippen LogP contribution in [-0.4, -0.2) is 165 Å². The van der Waals surface area contributed by atoms with Crippen LogP contribution in [0.5, 0.6) is 0 Å². The maximum absolute atomic E-state index is 12.4. The highest BCUT2D eigenvalue weighted by molar-refractivity contribution is 7.10. The molecule has 23 heteroatoms. The first-order chi connectivity index (χ1) is 42.3. The third-order valence-corrected chi connectivity index (χ3v) is 15.4. The topological polar surface area (TPSA) is 241 Å². The second kappa shape index (κ2) is 29.9. The van der Waals surface area contributed by atoms with Gasteiger partial charge in [0, 0.05) is 125 Å². The van der Waals surface area contributed by atoms with E-state index in [-0.39, 0.29) is 29.0 Å². The number of para-hydroxylation sites is 1. The highest BCUT2D eigenvalue weighted by Gasteiger charge is 2.39. The number of carbonyl (C=O) groups excluding carboxylic acids is 4. The number of allylic oxidation sites excluding steroid dienone is 4. The van der Waals surface area contributed by atoms with Gasteiger partial charge in [-0.05, 0) is 129 Å². The quantitative estimate of drug-likeness (QED) is 0.0711. The van der Waals surface area contributed by atoms with Crippen molar-refractivity contribution in [1.82, 2.24) is 34.1 Å². The molecule has 4 aliphatic rings. The lowest BCUT2D eigenvalue weighted by molar-refractivity contribution is -0.125. The Morgan fingerprint density at radius 1 is 0.730 bits per heavy atom. The number of likely N-dealkylation sites (N-methyl/N-ethyl adjacent to an activating group) is 7. The van der Waals surface area contributed by atoms with Crippen molar-refractivity contribution in [1.29, 1.82) is 10.5 Å². The van der Waals surface area contributed by atoms with Gasteiger partial charge in [0.05, 0.1) is 28.1 Å². The summed E-state index contributed by atoms with van der Waals surface area (Å²) in [6.45, 7) is 18.9. The van der Waals surface area contributed by atoms with Crippen LogP contribution in [0.1, 0.15) is 75.1 Å². The van der Waals surface area contributed by atoms with Crippen molar-refractivity contribution < 1.29 is 19.2 Å². The number of amides is 4. The minimum Gasteiger partial charge on any atom is -0.388 e. The van der Waals surface area contributed by atoms with Crippen LogP contribution in [0.3, 0.4) is 0 Å². The lowest BCUT2D eigenvalue weighted by atomic mass is 9.83. The molecule has 0 atom stereocenters. The van der Waals surface area contributed by atoms with Gasteiger partial charge in [-0.25, -0.2) is 15.0 Å². The number of nitrogens with zero attached hydrogens (tertiary/aromatic N) is 16. The third kappa shape index (κ3) is 15.7. The molecule has 0 saturated carbocycles. The zero-order valence-corrected chi connectivity index (χ0v) is 55.0. The Bertz CT molecular complexity index is 3810. The van der Waals surface area contributed by atoms with E-state index in [1.807, 2.05) is 113 Å². The summed E-state index contributed by atoms with van der Waals surface area (Å²) in [7, 11) is 18.0. The van der Waals surface area contributed by atoms with Crippen LogP contribution in [0.2, 0.25) is 0 Å². The average Bonchev–Trinajstić information content (AvgIpc) is 1.68. The first-order valence-corrected chi connectivity index (χ1v) is 29.6. The molecule has 5 heterocycles. The summed E-state index contributed by atoms with van der Waals surface area (Å²) in [4.78, 5) is 58.2. The monoisotopic (exact) mass is 1220 g/mol. The molecule has 4 amide bonds. The molecule has 9 rings (SSSR count). The van der Waals surface area contributed by atoms with Gasteiger partial charge in [-0.15, -0.1) is 10.2 Å². The van der Waals surface area contributed by atoms with Crippen molar-refractivity contribution in [3.05, 3.63) is 159 Å². The third-order valence-electron chi connectivity index (χ3n) is 14.6. The fourth-order valence-electron chi connectivity index (χ4n) is 9.91. The van der Waals surface area contributed by atoms with Gasteiger partial charge < -0.3 is 35.1 Å². The molecule has 89 heavy (non-hydrogen) atoms. The maximum atomic E-state index is 12.4. The molecule has 2 N–H and O–H groups in total. The van der Waals surface area contributed by atoms with Gasteiger partial charge in [0.25, 0.3) is 17.7 Å². The maximum Gasteiger partial charge on any atom is 0.278 e. The number of amidine groups is 3. The van der Waals surface area contributed by atoms with Crippen LogP contribution in [0.4, 0.5) is 33.4 Å². The van der Waals surface area contributed by atoms with Crippen molar-refractivity contribution in [2.75, 3.05) is 111 Å². The fraction of sp³-hybridized carbons (Fsp3) is 0.333. The van der Waals surface area contributed by atoms with Gasteiger partial charge in [0.15, 0.2) is 22.5 Å². The molecule has 0 spiro atoms. The number of aromatic nitrogens is 1. The number of hydrogen-bond donors (Lipinski definition) is 2. The number of rotatable bonds is 11. The van der Waals surface area contributed by atoms with Crippen molar-refractivity contribution in [2.45, 2.75) is 60.8 Å². The molecular weight excluding hydrogens is 1140 g/mol. The Balaban J connectivity index is 0.000000190. The van der Waals surface area contributed by atoms with Crippen molar-refractivity contribution in [3.63, 3.8) is 0 Å². The first kappa shape index (κ1) is 67.9. The molecule has 464 valence electrons. The summed E-state index contributed by atoms with van der Waals surface area (Å²) in [5.74, 6) is 1.29. The van der Waals surface area contributed by atoms with Crippen LogP contribution < -0.4 is 20.4 Å². The molecule has 0 fully saturated rings. The standard InChI is InChI=1S/C20H26N4O.C17H24N4O.C15H17N5O.C14H13N5OS/c1-7-24-16-11-9-8-10-15(16)20(2,3)17(24)13-12-14-18(22(4)5)21-23(6)19(14)25;1-6-21(7-2)14-10-8-13(9-11-14)12-15-16(19(3)4)18-20(5)17(15)22;1-17-11-7-5-10(6-8-11)12(9-16)13-14(19(2)3)18-20(4)15(13)21;1-8-4-5-12(13(6-8)16-10(3)20)17-18-14-11(7-15)9(2)19-21-14/h8-13H,7H2,1-6H3;8-12H,6-7H2,1-5H3;5-8,17H,1-4H3;4-6H,1-3H3,(H,16,20)/b14-12?,17-13-;;;. The highest BCUT2D eigenvalue weighted by Crippen LogP contribution is 2.47. The van der Waals surface area contributed by atoms with E-state index in [1.165, 1.54) is 44.6 Å². The minimum absolute atomic E-state index is 0.0723. The second-order valence-electron chi connectivity index (χ2n) is 21.9. The summed E-state index contributed by atoms with van der Waals surface area (Å²) < 4.78 is 4.08. The van der Waals surface area contributed by atoms with Crippen LogP contribution in [-0.2, 0) is 24.6 Å². The molecular formula is C66H80N18O4S. The smallest absolute Gasteiger partial charge is 0.278 e. The summed E-state index contributed by atoms with van der Waals surface area (Å²) in [5, 5.41) is 49.8. The summed E-state index contributed by atoms with van der Waals surface area (Å²) in [5.41, 5.74) is 12.6. The number of nitriles is 2. The number of azo groups is 1.